The first kappa shape index (κ1) is 32.5. The highest BCUT2D eigenvalue weighted by Gasteiger charge is 2.16. The maximum atomic E-state index is 13.4. The van der Waals surface area contributed by atoms with Crippen LogP contribution in [0.15, 0.2) is 118 Å². The zero-order chi connectivity index (χ0) is 31.8. The van der Waals surface area contributed by atoms with Crippen LogP contribution in [-0.2, 0) is 9.59 Å². The van der Waals surface area contributed by atoms with Gasteiger partial charge in [-0.3, -0.25) is 14.4 Å². The lowest BCUT2D eigenvalue weighted by Gasteiger charge is -2.12. The first-order chi connectivity index (χ1) is 21.7. The van der Waals surface area contributed by atoms with Crippen LogP contribution in [0, 0.1) is 0 Å². The number of amides is 3. The molecule has 0 saturated carbocycles. The van der Waals surface area contributed by atoms with Crippen molar-refractivity contribution in [2.24, 2.45) is 0 Å². The summed E-state index contributed by atoms with van der Waals surface area (Å²) < 4.78 is 0.834. The van der Waals surface area contributed by atoms with E-state index in [0.29, 0.717) is 32.1 Å². The van der Waals surface area contributed by atoms with Crippen molar-refractivity contribution in [3.63, 3.8) is 0 Å². The molecular formula is C33H23BrCl2N4O3S2. The molecule has 5 rings (SSSR count). The van der Waals surface area contributed by atoms with Crippen molar-refractivity contribution < 1.29 is 14.4 Å². The van der Waals surface area contributed by atoms with Gasteiger partial charge in [0.25, 0.3) is 11.8 Å². The number of hydrogen-bond acceptors (Lipinski definition) is 6. The topological polar surface area (TPSA) is 100 Å². The van der Waals surface area contributed by atoms with Crippen LogP contribution >= 0.6 is 62.2 Å². The van der Waals surface area contributed by atoms with Crippen LogP contribution in [0.2, 0.25) is 10.0 Å². The predicted molar refractivity (Wildman–Crippen MR) is 188 cm³/mol. The molecule has 1 aromatic heterocycles. The molecule has 7 nitrogen and oxygen atoms in total. The minimum Gasteiger partial charge on any atom is -0.321 e. The fourth-order valence-electron chi connectivity index (χ4n) is 3.99. The lowest BCUT2D eigenvalue weighted by Crippen LogP contribution is -2.30. The van der Waals surface area contributed by atoms with Gasteiger partial charge in [0.2, 0.25) is 5.91 Å². The number of benzene rings is 4. The summed E-state index contributed by atoms with van der Waals surface area (Å²) >= 11 is 18.2. The SMILES string of the molecule is O=C(CSc1cccc(NC(=O)/C(=C\c2cccc(Br)c2)NC(=O)c2ccccc2)c1)Nc1nc(-c2ccc(Cl)c(Cl)c2)cs1. The van der Waals surface area contributed by atoms with Crippen LogP contribution in [0.5, 0.6) is 0 Å². The lowest BCUT2D eigenvalue weighted by molar-refractivity contribution is -0.114. The van der Waals surface area contributed by atoms with Gasteiger partial charge in [0.1, 0.15) is 5.70 Å². The summed E-state index contributed by atoms with van der Waals surface area (Å²) in [6, 6.07) is 28.4. The molecule has 0 unspecified atom stereocenters. The average molecular weight is 739 g/mol. The number of nitrogens with one attached hydrogen (secondary N) is 3. The Morgan fingerprint density at radius 1 is 0.867 bits per heavy atom. The second kappa shape index (κ2) is 15.4. The second-order valence-corrected chi connectivity index (χ2v) is 13.1. The van der Waals surface area contributed by atoms with Gasteiger partial charge in [0.05, 0.1) is 21.5 Å². The monoisotopic (exact) mass is 736 g/mol. The summed E-state index contributed by atoms with van der Waals surface area (Å²) in [7, 11) is 0. The molecule has 0 fully saturated rings. The molecule has 3 amide bonds. The van der Waals surface area contributed by atoms with Gasteiger partial charge in [-0.2, -0.15) is 0 Å². The van der Waals surface area contributed by atoms with Crippen molar-refractivity contribution in [2.75, 3.05) is 16.4 Å². The standard InChI is InChI=1S/C33H23BrCl2N4O3S2/c34-23-9-4-6-20(14-23)15-28(38-31(42)21-7-2-1-3-8-21)32(43)37-24-10-5-11-25(17-24)44-19-30(41)40-33-39-29(18-45-33)22-12-13-26(35)27(36)16-22/h1-18H,19H2,(H,37,43)(H,38,42)(H,39,40,41)/b28-15+. The Bertz CT molecular complexity index is 1900. The zero-order valence-electron chi connectivity index (χ0n) is 23.2. The Hall–Kier alpha value is -3.93. The Kier molecular flexibility index (Phi) is 11.1. The number of thiazole rings is 1. The Morgan fingerprint density at radius 3 is 2.44 bits per heavy atom. The van der Waals surface area contributed by atoms with Crippen LogP contribution in [0.4, 0.5) is 10.8 Å². The number of thioether (sulfide) groups is 1. The molecule has 45 heavy (non-hydrogen) atoms. The molecule has 12 heteroatoms. The van der Waals surface area contributed by atoms with E-state index in [2.05, 4.69) is 36.9 Å². The number of carbonyl (C=O) groups is 3. The Morgan fingerprint density at radius 2 is 1.67 bits per heavy atom. The third kappa shape index (κ3) is 9.29. The molecule has 4 aromatic carbocycles. The van der Waals surface area contributed by atoms with E-state index in [4.69, 9.17) is 23.2 Å². The number of halogens is 3. The van der Waals surface area contributed by atoms with Gasteiger partial charge < -0.3 is 16.0 Å². The molecule has 0 spiro atoms. The van der Waals surface area contributed by atoms with Crippen LogP contribution in [-0.4, -0.2) is 28.5 Å². The summed E-state index contributed by atoms with van der Waals surface area (Å²) in [6.45, 7) is 0. The van der Waals surface area contributed by atoms with E-state index in [0.717, 1.165) is 20.5 Å². The minimum atomic E-state index is -0.499. The number of rotatable bonds is 10. The Balaban J connectivity index is 1.22. The van der Waals surface area contributed by atoms with Gasteiger partial charge in [0.15, 0.2) is 5.13 Å². The number of carbonyl (C=O) groups excluding carboxylic acids is 3. The second-order valence-electron chi connectivity index (χ2n) is 9.42. The fourth-order valence-corrected chi connectivity index (χ4v) is 6.20. The van der Waals surface area contributed by atoms with Crippen molar-refractivity contribution in [1.82, 2.24) is 10.3 Å². The normalized spacial score (nSPS) is 11.1. The summed E-state index contributed by atoms with van der Waals surface area (Å²) in [6.07, 6.45) is 1.61. The molecule has 0 aliphatic heterocycles. The first-order valence-electron chi connectivity index (χ1n) is 13.3. The predicted octanol–water partition coefficient (Wildman–Crippen LogP) is 9.02. The van der Waals surface area contributed by atoms with Crippen LogP contribution < -0.4 is 16.0 Å². The fraction of sp³-hybridized carbons (Fsp3) is 0.0303. The van der Waals surface area contributed by atoms with E-state index in [1.54, 1.807) is 60.7 Å². The Labute approximate surface area is 286 Å². The summed E-state index contributed by atoms with van der Waals surface area (Å²) in [5, 5.41) is 11.6. The molecule has 0 bridgehead atoms. The molecule has 5 aromatic rings. The van der Waals surface area contributed by atoms with E-state index in [1.165, 1.54) is 23.1 Å². The van der Waals surface area contributed by atoms with Gasteiger partial charge in [-0.1, -0.05) is 81.6 Å². The van der Waals surface area contributed by atoms with E-state index >= 15 is 0 Å². The van der Waals surface area contributed by atoms with Gasteiger partial charge in [-0.15, -0.1) is 23.1 Å². The highest BCUT2D eigenvalue weighted by Crippen LogP contribution is 2.31. The molecule has 3 N–H and O–H groups in total. The molecule has 226 valence electrons. The van der Waals surface area contributed by atoms with Crippen molar-refractivity contribution in [3.8, 4) is 11.3 Å². The number of hydrogen-bond donors (Lipinski definition) is 3. The van der Waals surface area contributed by atoms with Gasteiger partial charge >= 0.3 is 0 Å². The largest absolute Gasteiger partial charge is 0.321 e. The number of nitrogens with zero attached hydrogens (tertiary/aromatic N) is 1. The minimum absolute atomic E-state index is 0.0723. The summed E-state index contributed by atoms with van der Waals surface area (Å²) in [5.41, 5.74) is 3.20. The summed E-state index contributed by atoms with van der Waals surface area (Å²) in [4.78, 5) is 44.2. The molecule has 0 atom stereocenters. The van der Waals surface area contributed by atoms with Gasteiger partial charge in [-0.05, 0) is 66.2 Å². The molecule has 0 aliphatic rings. The first-order valence-corrected chi connectivity index (χ1v) is 16.7. The highest BCUT2D eigenvalue weighted by molar-refractivity contribution is 9.10. The van der Waals surface area contributed by atoms with E-state index < -0.39 is 11.8 Å². The maximum absolute atomic E-state index is 13.4. The van der Waals surface area contributed by atoms with Crippen LogP contribution in [0.25, 0.3) is 17.3 Å². The molecule has 1 heterocycles. The maximum Gasteiger partial charge on any atom is 0.272 e. The van der Waals surface area contributed by atoms with Gasteiger partial charge in [0, 0.05) is 31.6 Å². The molecular weight excluding hydrogens is 715 g/mol. The smallest absolute Gasteiger partial charge is 0.272 e. The number of anilines is 2. The van der Waals surface area contributed by atoms with Crippen LogP contribution in [0.3, 0.4) is 0 Å². The van der Waals surface area contributed by atoms with Crippen LogP contribution in [0.1, 0.15) is 15.9 Å². The molecule has 0 saturated heterocycles. The van der Waals surface area contributed by atoms with Crippen molar-refractivity contribution in [2.45, 2.75) is 4.90 Å². The number of aromatic nitrogens is 1. The van der Waals surface area contributed by atoms with Crippen molar-refractivity contribution >= 4 is 96.8 Å². The molecule has 0 radical (unpaired) electrons. The lowest BCUT2D eigenvalue weighted by atomic mass is 10.1. The van der Waals surface area contributed by atoms with E-state index in [9.17, 15) is 14.4 Å². The molecule has 0 aliphatic carbocycles. The third-order valence-electron chi connectivity index (χ3n) is 6.12. The van der Waals surface area contributed by atoms with E-state index in [1.807, 2.05) is 47.8 Å². The zero-order valence-corrected chi connectivity index (χ0v) is 28.0. The third-order valence-corrected chi connectivity index (χ3v) is 9.10. The average Bonchev–Trinajstić information content (AvgIpc) is 3.50. The summed E-state index contributed by atoms with van der Waals surface area (Å²) in [5.74, 6) is -1.01. The van der Waals surface area contributed by atoms with Crippen molar-refractivity contribution in [1.29, 1.82) is 0 Å². The highest BCUT2D eigenvalue weighted by atomic mass is 79.9. The van der Waals surface area contributed by atoms with Gasteiger partial charge in [-0.25, -0.2) is 4.98 Å². The quantitative estimate of drug-likeness (QED) is 0.0982. The van der Waals surface area contributed by atoms with E-state index in [-0.39, 0.29) is 17.4 Å². The van der Waals surface area contributed by atoms with Crippen molar-refractivity contribution in [3.05, 3.63) is 134 Å².